The maximum atomic E-state index is 6.18. The fraction of sp³-hybridized carbons (Fsp3) is 0.286. The number of aromatic nitrogens is 1. The Morgan fingerprint density at radius 3 is 2.16 bits per heavy atom. The van der Waals surface area contributed by atoms with Crippen LogP contribution >= 0.6 is 0 Å². The highest BCUT2D eigenvalue weighted by molar-refractivity contribution is 5.76. The monoisotopic (exact) mass is 334 g/mol. The molecule has 0 amide bonds. The third-order valence-corrected chi connectivity index (χ3v) is 4.50. The first-order valence-corrected chi connectivity index (χ1v) is 8.81. The van der Waals surface area contributed by atoms with Gasteiger partial charge in [-0.05, 0) is 0 Å². The molecule has 0 spiro atoms. The van der Waals surface area contributed by atoms with E-state index in [4.69, 9.17) is 14.1 Å². The van der Waals surface area contributed by atoms with E-state index in [0.717, 1.165) is 67.7 Å². The average molecular weight is 334 g/mol. The Morgan fingerprint density at radius 1 is 0.840 bits per heavy atom. The van der Waals surface area contributed by atoms with Gasteiger partial charge >= 0.3 is 0 Å². The SMILES string of the molecule is c1ccc(-c2nc(CCN3CCOCC3)oc2-c2ccccc2)cc1. The van der Waals surface area contributed by atoms with Crippen molar-refractivity contribution in [1.29, 1.82) is 0 Å². The molecule has 4 nitrogen and oxygen atoms in total. The van der Waals surface area contributed by atoms with Gasteiger partial charge in [0, 0.05) is 37.2 Å². The summed E-state index contributed by atoms with van der Waals surface area (Å²) in [5, 5.41) is 0. The van der Waals surface area contributed by atoms with E-state index in [0.29, 0.717) is 0 Å². The van der Waals surface area contributed by atoms with Crippen LogP contribution in [0.5, 0.6) is 0 Å². The Labute approximate surface area is 148 Å². The molecule has 0 saturated carbocycles. The lowest BCUT2D eigenvalue weighted by Gasteiger charge is -2.25. The zero-order valence-electron chi connectivity index (χ0n) is 14.2. The van der Waals surface area contributed by atoms with Crippen molar-refractivity contribution in [2.75, 3.05) is 32.8 Å². The van der Waals surface area contributed by atoms with Crippen molar-refractivity contribution in [2.24, 2.45) is 0 Å². The summed E-state index contributed by atoms with van der Waals surface area (Å²) in [6.45, 7) is 4.55. The second-order valence-corrected chi connectivity index (χ2v) is 6.22. The number of rotatable bonds is 5. The van der Waals surface area contributed by atoms with Crippen molar-refractivity contribution < 1.29 is 9.15 Å². The van der Waals surface area contributed by atoms with Crippen LogP contribution in [0, 0.1) is 0 Å². The molecule has 0 unspecified atom stereocenters. The molecule has 1 aliphatic heterocycles. The van der Waals surface area contributed by atoms with Gasteiger partial charge < -0.3 is 9.15 Å². The molecule has 25 heavy (non-hydrogen) atoms. The van der Waals surface area contributed by atoms with Gasteiger partial charge in [0.1, 0.15) is 5.69 Å². The normalized spacial score (nSPS) is 15.4. The Bertz CT molecular complexity index is 736. The molecule has 1 aliphatic rings. The molecule has 0 radical (unpaired) electrons. The van der Waals surface area contributed by atoms with Gasteiger partial charge in [-0.1, -0.05) is 60.7 Å². The van der Waals surface area contributed by atoms with Crippen molar-refractivity contribution in [3.8, 4) is 22.6 Å². The predicted octanol–water partition coefficient (Wildman–Crippen LogP) is 3.88. The minimum Gasteiger partial charge on any atom is -0.440 e. The summed E-state index contributed by atoms with van der Waals surface area (Å²) in [7, 11) is 0. The summed E-state index contributed by atoms with van der Waals surface area (Å²) in [5.74, 6) is 1.65. The van der Waals surface area contributed by atoms with Crippen molar-refractivity contribution >= 4 is 0 Å². The smallest absolute Gasteiger partial charge is 0.196 e. The van der Waals surface area contributed by atoms with Crippen LogP contribution in [0.15, 0.2) is 65.1 Å². The molecule has 0 atom stereocenters. The topological polar surface area (TPSA) is 38.5 Å². The van der Waals surface area contributed by atoms with E-state index < -0.39 is 0 Å². The van der Waals surface area contributed by atoms with Crippen LogP contribution in [-0.4, -0.2) is 42.7 Å². The van der Waals surface area contributed by atoms with Gasteiger partial charge in [0.25, 0.3) is 0 Å². The van der Waals surface area contributed by atoms with Crippen LogP contribution in [0.25, 0.3) is 22.6 Å². The van der Waals surface area contributed by atoms with E-state index in [1.165, 1.54) is 0 Å². The number of nitrogens with zero attached hydrogens (tertiary/aromatic N) is 2. The maximum Gasteiger partial charge on any atom is 0.196 e. The van der Waals surface area contributed by atoms with E-state index in [9.17, 15) is 0 Å². The highest BCUT2D eigenvalue weighted by Gasteiger charge is 2.18. The average Bonchev–Trinajstić information content (AvgIpc) is 3.13. The first-order valence-electron chi connectivity index (χ1n) is 8.81. The molecule has 0 N–H and O–H groups in total. The van der Waals surface area contributed by atoms with Gasteiger partial charge in [0.15, 0.2) is 11.7 Å². The van der Waals surface area contributed by atoms with Gasteiger partial charge in [0.2, 0.25) is 0 Å². The molecule has 4 heteroatoms. The zero-order chi connectivity index (χ0) is 16.9. The maximum absolute atomic E-state index is 6.18. The summed E-state index contributed by atoms with van der Waals surface area (Å²) in [6.07, 6.45) is 0.812. The molecule has 2 aromatic carbocycles. The predicted molar refractivity (Wildman–Crippen MR) is 98.3 cm³/mol. The molecule has 1 fully saturated rings. The highest BCUT2D eigenvalue weighted by Crippen LogP contribution is 2.32. The Kier molecular flexibility index (Phi) is 4.91. The summed E-state index contributed by atoms with van der Waals surface area (Å²) in [5.41, 5.74) is 3.07. The molecule has 3 aromatic rings. The van der Waals surface area contributed by atoms with Crippen molar-refractivity contribution in [3.05, 3.63) is 66.6 Å². The number of oxazole rings is 1. The molecular weight excluding hydrogens is 312 g/mol. The molecule has 1 aromatic heterocycles. The molecule has 4 rings (SSSR count). The van der Waals surface area contributed by atoms with E-state index in [1.807, 2.05) is 36.4 Å². The first-order chi connectivity index (χ1) is 12.4. The standard InChI is InChI=1S/C21H22N2O2/c1-3-7-17(8-4-1)20-21(18-9-5-2-6-10-18)25-19(22-20)11-12-23-13-15-24-16-14-23/h1-10H,11-16H2. The lowest BCUT2D eigenvalue weighted by atomic mass is 10.1. The number of benzene rings is 2. The second kappa shape index (κ2) is 7.64. The number of hydrogen-bond acceptors (Lipinski definition) is 4. The minimum atomic E-state index is 0.796. The van der Waals surface area contributed by atoms with Gasteiger partial charge in [0.05, 0.1) is 13.2 Å². The third-order valence-electron chi connectivity index (χ3n) is 4.50. The van der Waals surface area contributed by atoms with Gasteiger partial charge in [-0.15, -0.1) is 0 Å². The fourth-order valence-electron chi connectivity index (χ4n) is 3.13. The molecule has 0 bridgehead atoms. The first kappa shape index (κ1) is 16.1. The zero-order valence-corrected chi connectivity index (χ0v) is 14.2. The highest BCUT2D eigenvalue weighted by atomic mass is 16.5. The lowest BCUT2D eigenvalue weighted by Crippen LogP contribution is -2.37. The van der Waals surface area contributed by atoms with Crippen LogP contribution in [0.4, 0.5) is 0 Å². The van der Waals surface area contributed by atoms with E-state index in [-0.39, 0.29) is 0 Å². The Morgan fingerprint density at radius 2 is 1.48 bits per heavy atom. The van der Waals surface area contributed by atoms with E-state index >= 15 is 0 Å². The number of morpholine rings is 1. The molecule has 1 saturated heterocycles. The van der Waals surface area contributed by atoms with Crippen LogP contribution in [0.2, 0.25) is 0 Å². The third kappa shape index (κ3) is 3.81. The number of hydrogen-bond donors (Lipinski definition) is 0. The minimum absolute atomic E-state index is 0.796. The molecular formula is C21H22N2O2. The summed E-state index contributed by atoms with van der Waals surface area (Å²) >= 11 is 0. The fourth-order valence-corrected chi connectivity index (χ4v) is 3.13. The van der Waals surface area contributed by atoms with Crippen LogP contribution in [0.3, 0.4) is 0 Å². The van der Waals surface area contributed by atoms with Gasteiger partial charge in [-0.25, -0.2) is 4.98 Å². The lowest BCUT2D eigenvalue weighted by molar-refractivity contribution is 0.0377. The van der Waals surface area contributed by atoms with Crippen LogP contribution in [-0.2, 0) is 11.2 Å². The largest absolute Gasteiger partial charge is 0.440 e. The van der Waals surface area contributed by atoms with Gasteiger partial charge in [-0.3, -0.25) is 4.90 Å². The van der Waals surface area contributed by atoms with Crippen molar-refractivity contribution in [2.45, 2.75) is 6.42 Å². The molecule has 0 aliphatic carbocycles. The van der Waals surface area contributed by atoms with Gasteiger partial charge in [-0.2, -0.15) is 0 Å². The summed E-state index contributed by atoms with van der Waals surface area (Å²) < 4.78 is 11.6. The molecule has 2 heterocycles. The quantitative estimate of drug-likeness (QED) is 0.710. The second-order valence-electron chi connectivity index (χ2n) is 6.22. The Balaban J connectivity index is 1.61. The van der Waals surface area contributed by atoms with Crippen LogP contribution in [0.1, 0.15) is 5.89 Å². The summed E-state index contributed by atoms with van der Waals surface area (Å²) in [4.78, 5) is 7.22. The van der Waals surface area contributed by atoms with Crippen molar-refractivity contribution in [3.63, 3.8) is 0 Å². The number of ether oxygens (including phenoxy) is 1. The van der Waals surface area contributed by atoms with E-state index in [1.54, 1.807) is 0 Å². The molecule has 128 valence electrons. The van der Waals surface area contributed by atoms with Crippen molar-refractivity contribution in [1.82, 2.24) is 9.88 Å². The van der Waals surface area contributed by atoms with Crippen LogP contribution < -0.4 is 0 Å². The van der Waals surface area contributed by atoms with E-state index in [2.05, 4.69) is 29.2 Å². The summed E-state index contributed by atoms with van der Waals surface area (Å²) in [6, 6.07) is 20.5. The Hall–Kier alpha value is -2.43.